The molecule has 10 heteroatoms. The maximum atomic E-state index is 12.9. The van der Waals surface area contributed by atoms with Crippen molar-refractivity contribution < 1.29 is 27.8 Å². The zero-order valence-electron chi connectivity index (χ0n) is 17.7. The van der Waals surface area contributed by atoms with Crippen molar-refractivity contribution in [3.8, 4) is 28.5 Å². The Bertz CT molecular complexity index is 1330. The third-order valence-electron chi connectivity index (χ3n) is 5.90. The van der Waals surface area contributed by atoms with E-state index in [1.54, 1.807) is 30.6 Å². The van der Waals surface area contributed by atoms with Gasteiger partial charge < -0.3 is 14.8 Å². The van der Waals surface area contributed by atoms with Crippen LogP contribution in [-0.2, 0) is 11.0 Å². The van der Waals surface area contributed by atoms with Gasteiger partial charge in [0.05, 0.1) is 28.2 Å². The molecule has 5 rings (SSSR count). The van der Waals surface area contributed by atoms with E-state index in [4.69, 9.17) is 9.84 Å². The number of aromatic amines is 1. The average Bonchev–Trinajstić information content (AvgIpc) is 3.46. The molecular weight excluding hydrogens is 449 g/mol. The van der Waals surface area contributed by atoms with Crippen molar-refractivity contribution in [1.82, 2.24) is 19.9 Å². The molecule has 0 bridgehead atoms. The van der Waals surface area contributed by atoms with Gasteiger partial charge in [-0.2, -0.15) is 13.2 Å². The summed E-state index contributed by atoms with van der Waals surface area (Å²) in [6, 6.07) is 10.5. The van der Waals surface area contributed by atoms with Crippen LogP contribution in [0.5, 0.6) is 5.88 Å². The van der Waals surface area contributed by atoms with Gasteiger partial charge >= 0.3 is 12.1 Å². The number of nitrogens with zero attached hydrogens (tertiary/aromatic N) is 3. The molecule has 2 N–H and O–H groups in total. The molecule has 1 aromatic carbocycles. The van der Waals surface area contributed by atoms with E-state index in [-0.39, 0.29) is 12.0 Å². The lowest BCUT2D eigenvalue weighted by atomic mass is 10.1. The molecule has 2 unspecified atom stereocenters. The number of hydrogen-bond acceptors (Lipinski definition) is 5. The van der Waals surface area contributed by atoms with Gasteiger partial charge in [-0.25, -0.2) is 9.97 Å². The summed E-state index contributed by atoms with van der Waals surface area (Å²) in [7, 11) is 0. The number of H-pyrrole nitrogens is 1. The maximum Gasteiger partial charge on any atom is 0.416 e. The first-order valence-corrected chi connectivity index (χ1v) is 10.7. The molecule has 2 atom stereocenters. The lowest BCUT2D eigenvalue weighted by Crippen LogP contribution is -2.16. The van der Waals surface area contributed by atoms with Crippen LogP contribution in [0.15, 0.2) is 54.9 Å². The summed E-state index contributed by atoms with van der Waals surface area (Å²) in [5, 5.41) is 9.10. The number of halogens is 3. The van der Waals surface area contributed by atoms with Gasteiger partial charge in [-0.15, -0.1) is 0 Å². The van der Waals surface area contributed by atoms with Crippen molar-refractivity contribution in [2.24, 2.45) is 5.92 Å². The minimum Gasteiger partial charge on any atom is -0.481 e. The van der Waals surface area contributed by atoms with Crippen molar-refractivity contribution in [3.05, 3.63) is 60.4 Å². The van der Waals surface area contributed by atoms with Crippen LogP contribution in [-0.4, -0.2) is 37.1 Å². The number of pyridine rings is 2. The van der Waals surface area contributed by atoms with Gasteiger partial charge in [-0.3, -0.25) is 9.78 Å². The first-order valence-electron chi connectivity index (χ1n) is 10.7. The van der Waals surface area contributed by atoms with Crippen molar-refractivity contribution in [3.63, 3.8) is 0 Å². The Hall–Kier alpha value is -3.95. The quantitative estimate of drug-likeness (QED) is 0.410. The van der Waals surface area contributed by atoms with Crippen LogP contribution in [0.3, 0.4) is 0 Å². The Kier molecular flexibility index (Phi) is 5.43. The fourth-order valence-electron chi connectivity index (χ4n) is 4.07. The highest BCUT2D eigenvalue weighted by Gasteiger charge is 2.31. The number of aromatic nitrogens is 4. The number of benzene rings is 1. The molecule has 7 nitrogen and oxygen atoms in total. The maximum absolute atomic E-state index is 12.9. The summed E-state index contributed by atoms with van der Waals surface area (Å²) in [5.74, 6) is -0.313. The summed E-state index contributed by atoms with van der Waals surface area (Å²) in [5.41, 5.74) is 2.04. The highest BCUT2D eigenvalue weighted by atomic mass is 19.4. The van der Waals surface area contributed by atoms with Crippen LogP contribution in [0.25, 0.3) is 33.7 Å². The Morgan fingerprint density at radius 3 is 2.47 bits per heavy atom. The van der Waals surface area contributed by atoms with Crippen LogP contribution < -0.4 is 4.74 Å². The van der Waals surface area contributed by atoms with Crippen molar-refractivity contribution in [2.45, 2.75) is 31.5 Å². The topological polar surface area (TPSA) is 101 Å². The molecule has 4 aromatic rings. The Morgan fingerprint density at radius 1 is 1.03 bits per heavy atom. The number of imidazole rings is 1. The van der Waals surface area contributed by atoms with Gasteiger partial charge in [0.15, 0.2) is 0 Å². The van der Waals surface area contributed by atoms with E-state index in [1.165, 1.54) is 6.07 Å². The summed E-state index contributed by atoms with van der Waals surface area (Å²) in [6.45, 7) is 0. The molecule has 174 valence electrons. The fraction of sp³-hybridized carbons (Fsp3) is 0.250. The van der Waals surface area contributed by atoms with Gasteiger partial charge in [0, 0.05) is 29.6 Å². The normalized spacial score (nSPS) is 18.3. The number of rotatable bonds is 5. The predicted octanol–water partition coefficient (Wildman–Crippen LogP) is 5.34. The van der Waals surface area contributed by atoms with Gasteiger partial charge in [-0.1, -0.05) is 0 Å². The first kappa shape index (κ1) is 21.9. The summed E-state index contributed by atoms with van der Waals surface area (Å²) in [6.07, 6.45) is 0.392. The lowest BCUT2D eigenvalue weighted by Gasteiger charge is -2.12. The van der Waals surface area contributed by atoms with E-state index in [9.17, 15) is 18.0 Å². The Labute approximate surface area is 191 Å². The number of hydrogen-bond donors (Lipinski definition) is 2. The number of ether oxygens (including phenoxy) is 1. The number of carboxylic acid groups (broad SMARTS) is 1. The van der Waals surface area contributed by atoms with E-state index >= 15 is 0 Å². The van der Waals surface area contributed by atoms with Crippen LogP contribution >= 0.6 is 0 Å². The largest absolute Gasteiger partial charge is 0.481 e. The van der Waals surface area contributed by atoms with E-state index < -0.39 is 17.7 Å². The second-order valence-corrected chi connectivity index (χ2v) is 8.22. The van der Waals surface area contributed by atoms with Crippen molar-refractivity contribution in [2.75, 3.05) is 0 Å². The van der Waals surface area contributed by atoms with Crippen LogP contribution in [0.2, 0.25) is 0 Å². The molecule has 3 heterocycles. The molecule has 0 saturated heterocycles. The van der Waals surface area contributed by atoms with E-state index in [2.05, 4.69) is 19.9 Å². The van der Waals surface area contributed by atoms with Gasteiger partial charge in [-0.05, 0) is 55.7 Å². The number of carboxylic acids is 1. The number of fused-ring (bicyclic) bond motifs is 1. The molecular formula is C24H19F3N4O3. The second kappa shape index (κ2) is 8.44. The SMILES string of the molecule is O=C(O)C1CCC(Oc2ccc(-c3ccc(-c4nc5ccc(C(F)(F)F)cc5[nH]4)cn3)cn2)C1. The molecule has 0 amide bonds. The van der Waals surface area contributed by atoms with Gasteiger partial charge in [0.25, 0.3) is 0 Å². The Morgan fingerprint density at radius 2 is 1.82 bits per heavy atom. The number of alkyl halides is 3. The minimum atomic E-state index is -4.42. The van der Waals surface area contributed by atoms with E-state index in [0.29, 0.717) is 53.3 Å². The molecule has 0 radical (unpaired) electrons. The smallest absolute Gasteiger partial charge is 0.416 e. The van der Waals surface area contributed by atoms with Gasteiger partial charge in [0.2, 0.25) is 5.88 Å². The Balaban J connectivity index is 1.29. The first-order chi connectivity index (χ1) is 16.3. The molecule has 1 saturated carbocycles. The molecule has 34 heavy (non-hydrogen) atoms. The second-order valence-electron chi connectivity index (χ2n) is 8.22. The number of nitrogens with one attached hydrogen (secondary N) is 1. The molecule has 1 fully saturated rings. The highest BCUT2D eigenvalue weighted by Crippen LogP contribution is 2.32. The molecule has 1 aliphatic carbocycles. The molecule has 0 spiro atoms. The zero-order valence-corrected chi connectivity index (χ0v) is 17.7. The van der Waals surface area contributed by atoms with Gasteiger partial charge in [0.1, 0.15) is 11.9 Å². The van der Waals surface area contributed by atoms with Crippen molar-refractivity contribution in [1.29, 1.82) is 0 Å². The highest BCUT2D eigenvalue weighted by molar-refractivity contribution is 5.80. The summed E-state index contributed by atoms with van der Waals surface area (Å²) in [4.78, 5) is 27.1. The van der Waals surface area contributed by atoms with Crippen molar-refractivity contribution >= 4 is 17.0 Å². The molecule has 1 aliphatic rings. The average molecular weight is 468 g/mol. The molecule has 0 aliphatic heterocycles. The number of aliphatic carboxylic acids is 1. The predicted molar refractivity (Wildman–Crippen MR) is 117 cm³/mol. The van der Waals surface area contributed by atoms with E-state index in [0.717, 1.165) is 17.7 Å². The standard InChI is InChI=1S/C24H19F3N4O3/c25-24(26,27)16-4-7-19-20(10-16)31-22(30-19)15-2-6-18(28-12-15)14-3-8-21(29-11-14)34-17-5-1-13(9-17)23(32)33/h2-4,6-8,10-13,17H,1,5,9H2,(H,30,31)(H,32,33). The molecule has 3 aromatic heterocycles. The third-order valence-corrected chi connectivity index (χ3v) is 5.90. The monoisotopic (exact) mass is 468 g/mol. The number of carbonyl (C=O) groups is 1. The summed E-state index contributed by atoms with van der Waals surface area (Å²) >= 11 is 0. The van der Waals surface area contributed by atoms with Crippen LogP contribution in [0, 0.1) is 5.92 Å². The van der Waals surface area contributed by atoms with Crippen LogP contribution in [0.4, 0.5) is 13.2 Å². The van der Waals surface area contributed by atoms with E-state index in [1.807, 2.05) is 6.07 Å². The summed E-state index contributed by atoms with van der Waals surface area (Å²) < 4.78 is 44.6. The van der Waals surface area contributed by atoms with Crippen LogP contribution in [0.1, 0.15) is 24.8 Å². The minimum absolute atomic E-state index is 0.159. The zero-order chi connectivity index (χ0) is 23.9. The fourth-order valence-corrected chi connectivity index (χ4v) is 4.07. The lowest BCUT2D eigenvalue weighted by molar-refractivity contribution is -0.141. The third kappa shape index (κ3) is 4.43.